The van der Waals surface area contributed by atoms with Crippen LogP contribution in [0, 0.1) is 6.92 Å². The standard InChI is InChI=1S/C15H20F3NO3/c1-4-22-13(20)8-12(19)10-5-9(2)6-11(7-10)14(3,21)15(16,17)18/h5-7,12,21H,4,8,19H2,1-3H3. The molecule has 1 aromatic rings. The lowest BCUT2D eigenvalue weighted by Gasteiger charge is -2.28. The zero-order valence-corrected chi connectivity index (χ0v) is 12.7. The maximum absolute atomic E-state index is 12.9. The number of carbonyl (C=O) groups excluding carboxylic acids is 1. The molecule has 0 aliphatic rings. The summed E-state index contributed by atoms with van der Waals surface area (Å²) in [6.45, 7) is 4.13. The number of nitrogens with two attached hydrogens (primary N) is 1. The Morgan fingerprint density at radius 2 is 1.95 bits per heavy atom. The molecule has 0 radical (unpaired) electrons. The molecule has 0 amide bonds. The van der Waals surface area contributed by atoms with Crippen LogP contribution in [-0.2, 0) is 15.1 Å². The van der Waals surface area contributed by atoms with Crippen molar-refractivity contribution in [2.45, 2.75) is 45.0 Å². The van der Waals surface area contributed by atoms with Crippen LogP contribution < -0.4 is 5.73 Å². The predicted molar refractivity (Wildman–Crippen MR) is 75.0 cm³/mol. The van der Waals surface area contributed by atoms with Gasteiger partial charge in [-0.1, -0.05) is 23.8 Å². The predicted octanol–water partition coefficient (Wildman–Crippen LogP) is 2.72. The first-order valence-corrected chi connectivity index (χ1v) is 6.81. The molecule has 2 unspecified atom stereocenters. The van der Waals surface area contributed by atoms with Crippen LogP contribution in [0.5, 0.6) is 0 Å². The molecule has 0 aliphatic carbocycles. The molecule has 0 heterocycles. The third-order valence-electron chi connectivity index (χ3n) is 3.33. The molecule has 0 saturated carbocycles. The number of aliphatic hydroxyl groups is 1. The number of hydrogen-bond donors (Lipinski definition) is 2. The number of carbonyl (C=O) groups is 1. The van der Waals surface area contributed by atoms with Crippen LogP contribution in [0.25, 0.3) is 0 Å². The molecule has 7 heteroatoms. The SMILES string of the molecule is CCOC(=O)CC(N)c1cc(C)cc(C(C)(O)C(F)(F)F)c1. The van der Waals surface area contributed by atoms with Gasteiger partial charge in [0.25, 0.3) is 0 Å². The Balaban J connectivity index is 3.12. The molecular weight excluding hydrogens is 299 g/mol. The average molecular weight is 319 g/mol. The summed E-state index contributed by atoms with van der Waals surface area (Å²) in [5.74, 6) is -0.527. The second kappa shape index (κ2) is 6.66. The quantitative estimate of drug-likeness (QED) is 0.819. The van der Waals surface area contributed by atoms with Crippen molar-refractivity contribution in [2.24, 2.45) is 5.73 Å². The maximum atomic E-state index is 12.9. The molecule has 0 aromatic heterocycles. The van der Waals surface area contributed by atoms with Crippen LogP contribution in [0.1, 0.15) is 43.0 Å². The van der Waals surface area contributed by atoms with E-state index in [0.29, 0.717) is 18.1 Å². The highest BCUT2D eigenvalue weighted by atomic mass is 19.4. The Kier molecular flexibility index (Phi) is 5.59. The van der Waals surface area contributed by atoms with E-state index in [1.807, 2.05) is 0 Å². The van der Waals surface area contributed by atoms with Crippen molar-refractivity contribution in [1.82, 2.24) is 0 Å². The van der Waals surface area contributed by atoms with Crippen molar-refractivity contribution < 1.29 is 27.8 Å². The van der Waals surface area contributed by atoms with E-state index in [4.69, 9.17) is 10.5 Å². The Morgan fingerprint density at radius 3 is 2.45 bits per heavy atom. The molecule has 0 fully saturated rings. The van der Waals surface area contributed by atoms with Gasteiger partial charge in [-0.2, -0.15) is 13.2 Å². The third-order valence-corrected chi connectivity index (χ3v) is 3.33. The van der Waals surface area contributed by atoms with E-state index >= 15 is 0 Å². The second-order valence-corrected chi connectivity index (χ2v) is 5.32. The lowest BCUT2D eigenvalue weighted by Crippen LogP contribution is -2.39. The summed E-state index contributed by atoms with van der Waals surface area (Å²) in [4.78, 5) is 11.4. The van der Waals surface area contributed by atoms with Crippen molar-refractivity contribution in [3.05, 3.63) is 34.9 Å². The van der Waals surface area contributed by atoms with Gasteiger partial charge in [-0.3, -0.25) is 4.79 Å². The van der Waals surface area contributed by atoms with Gasteiger partial charge in [-0.15, -0.1) is 0 Å². The topological polar surface area (TPSA) is 72.5 Å². The lowest BCUT2D eigenvalue weighted by atomic mass is 9.90. The molecule has 1 rings (SSSR count). The van der Waals surface area contributed by atoms with E-state index in [1.54, 1.807) is 19.9 Å². The van der Waals surface area contributed by atoms with Crippen LogP contribution in [0.4, 0.5) is 13.2 Å². The van der Waals surface area contributed by atoms with Gasteiger partial charge in [0.1, 0.15) is 0 Å². The van der Waals surface area contributed by atoms with Crippen molar-refractivity contribution in [1.29, 1.82) is 0 Å². The Bertz CT molecular complexity index is 541. The largest absolute Gasteiger partial charge is 0.466 e. The fourth-order valence-corrected chi connectivity index (χ4v) is 1.99. The van der Waals surface area contributed by atoms with Gasteiger partial charge in [0.05, 0.1) is 13.0 Å². The minimum atomic E-state index is -4.82. The smallest absolute Gasteiger partial charge is 0.421 e. The zero-order chi connectivity index (χ0) is 17.1. The first-order valence-electron chi connectivity index (χ1n) is 6.81. The summed E-state index contributed by atoms with van der Waals surface area (Å²) in [7, 11) is 0. The number of esters is 1. The molecule has 22 heavy (non-hydrogen) atoms. The summed E-state index contributed by atoms with van der Waals surface area (Å²) in [6.07, 6.45) is -4.96. The number of aryl methyl sites for hydroxylation is 1. The zero-order valence-electron chi connectivity index (χ0n) is 12.7. The van der Waals surface area contributed by atoms with Crippen LogP contribution >= 0.6 is 0 Å². The number of rotatable bonds is 5. The Labute approximate surface area is 127 Å². The number of hydrogen-bond acceptors (Lipinski definition) is 4. The van der Waals surface area contributed by atoms with E-state index in [-0.39, 0.29) is 18.6 Å². The van der Waals surface area contributed by atoms with Gasteiger partial charge >= 0.3 is 12.1 Å². The van der Waals surface area contributed by atoms with E-state index in [1.165, 1.54) is 12.1 Å². The third kappa shape index (κ3) is 4.20. The van der Waals surface area contributed by atoms with Crippen molar-refractivity contribution in [3.63, 3.8) is 0 Å². The molecule has 3 N–H and O–H groups in total. The molecular formula is C15H20F3NO3. The molecule has 1 aromatic carbocycles. The highest BCUT2D eigenvalue weighted by Gasteiger charge is 2.51. The van der Waals surface area contributed by atoms with E-state index in [2.05, 4.69) is 0 Å². The van der Waals surface area contributed by atoms with Gasteiger partial charge in [-0.05, 0) is 31.9 Å². The highest BCUT2D eigenvalue weighted by molar-refractivity contribution is 5.70. The first kappa shape index (κ1) is 18.4. The van der Waals surface area contributed by atoms with Gasteiger partial charge in [-0.25, -0.2) is 0 Å². The molecule has 0 saturated heterocycles. The normalized spacial score (nSPS) is 16.0. The molecule has 2 atom stereocenters. The highest BCUT2D eigenvalue weighted by Crippen LogP contribution is 2.39. The molecule has 4 nitrogen and oxygen atoms in total. The van der Waals surface area contributed by atoms with Crippen molar-refractivity contribution in [3.8, 4) is 0 Å². The second-order valence-electron chi connectivity index (χ2n) is 5.32. The Morgan fingerprint density at radius 1 is 1.36 bits per heavy atom. The van der Waals surface area contributed by atoms with Crippen molar-refractivity contribution in [2.75, 3.05) is 6.61 Å². The molecule has 124 valence electrons. The average Bonchev–Trinajstić information content (AvgIpc) is 2.36. The molecule has 0 bridgehead atoms. The van der Waals surface area contributed by atoms with E-state index in [9.17, 15) is 23.1 Å². The van der Waals surface area contributed by atoms with Crippen LogP contribution in [0.15, 0.2) is 18.2 Å². The number of halogens is 3. The van der Waals surface area contributed by atoms with Crippen molar-refractivity contribution >= 4 is 5.97 Å². The minimum absolute atomic E-state index is 0.148. The van der Waals surface area contributed by atoms with Gasteiger partial charge in [0.15, 0.2) is 5.60 Å². The fraction of sp³-hybridized carbons (Fsp3) is 0.533. The monoisotopic (exact) mass is 319 g/mol. The van der Waals surface area contributed by atoms with Gasteiger partial charge < -0.3 is 15.6 Å². The van der Waals surface area contributed by atoms with Gasteiger partial charge in [0, 0.05) is 6.04 Å². The first-order chi connectivity index (χ1) is 9.99. The van der Waals surface area contributed by atoms with E-state index < -0.39 is 23.8 Å². The maximum Gasteiger partial charge on any atom is 0.421 e. The summed E-state index contributed by atoms with van der Waals surface area (Å²) in [5.41, 5.74) is 3.40. The number of alkyl halides is 3. The summed E-state index contributed by atoms with van der Waals surface area (Å²) in [5, 5.41) is 9.76. The van der Waals surface area contributed by atoms with E-state index in [0.717, 1.165) is 0 Å². The summed E-state index contributed by atoms with van der Waals surface area (Å²) < 4.78 is 43.6. The van der Waals surface area contributed by atoms with Crippen LogP contribution in [0.2, 0.25) is 0 Å². The molecule has 0 aliphatic heterocycles. The number of ether oxygens (including phenoxy) is 1. The minimum Gasteiger partial charge on any atom is -0.466 e. The number of benzene rings is 1. The van der Waals surface area contributed by atoms with Gasteiger partial charge in [0.2, 0.25) is 0 Å². The summed E-state index contributed by atoms with van der Waals surface area (Å²) in [6, 6.07) is 3.19. The summed E-state index contributed by atoms with van der Waals surface area (Å²) >= 11 is 0. The Hall–Kier alpha value is -1.60. The van der Waals surface area contributed by atoms with Crippen LogP contribution in [-0.4, -0.2) is 23.9 Å². The lowest BCUT2D eigenvalue weighted by molar-refractivity contribution is -0.258. The van der Waals surface area contributed by atoms with Crippen LogP contribution in [0.3, 0.4) is 0 Å². The molecule has 0 spiro atoms. The fourth-order valence-electron chi connectivity index (χ4n) is 1.99.